The van der Waals surface area contributed by atoms with Crippen LogP contribution in [-0.4, -0.2) is 25.6 Å². The Balaban J connectivity index is 1.44. The number of aromatic hydroxyl groups is 1. The zero-order valence-electron chi connectivity index (χ0n) is 20.5. The average Bonchev–Trinajstić information content (AvgIpc) is 3.13. The first-order valence-electron chi connectivity index (χ1n) is 12.4. The second-order valence-electron chi connectivity index (χ2n) is 11.2. The number of rotatable bonds is 4. The van der Waals surface area contributed by atoms with Crippen molar-refractivity contribution < 1.29 is 23.1 Å². The van der Waals surface area contributed by atoms with Crippen molar-refractivity contribution >= 4 is 27.6 Å². The van der Waals surface area contributed by atoms with E-state index in [0.717, 1.165) is 32.1 Å². The van der Waals surface area contributed by atoms with E-state index in [4.69, 9.17) is 21.5 Å². The van der Waals surface area contributed by atoms with E-state index in [2.05, 4.69) is 32.6 Å². The number of hydrogen-bond donors (Lipinski definition) is 2. The summed E-state index contributed by atoms with van der Waals surface area (Å²) in [7, 11) is -3.98. The van der Waals surface area contributed by atoms with Crippen LogP contribution in [0.1, 0.15) is 61.0 Å². The van der Waals surface area contributed by atoms with Crippen molar-refractivity contribution in [1.82, 2.24) is 0 Å². The lowest BCUT2D eigenvalue weighted by Gasteiger charge is -2.57. The van der Waals surface area contributed by atoms with Crippen LogP contribution in [0.2, 0.25) is 5.02 Å². The number of halogens is 1. The van der Waals surface area contributed by atoms with Crippen molar-refractivity contribution in [3.05, 3.63) is 70.8 Å². The molecule has 0 amide bonds. The number of sulfonamides is 1. The fourth-order valence-electron chi connectivity index (χ4n) is 7.59. The molecule has 0 radical (unpaired) electrons. The maximum absolute atomic E-state index is 13.1. The van der Waals surface area contributed by atoms with E-state index in [1.54, 1.807) is 6.07 Å². The molecule has 2 aromatic carbocycles. The predicted molar refractivity (Wildman–Crippen MR) is 138 cm³/mol. The van der Waals surface area contributed by atoms with Gasteiger partial charge in [-0.3, -0.25) is 0 Å². The Morgan fingerprint density at radius 3 is 2.69 bits per heavy atom. The predicted octanol–water partition coefficient (Wildman–Crippen LogP) is 5.36. The first-order valence-corrected chi connectivity index (χ1v) is 14.3. The van der Waals surface area contributed by atoms with Gasteiger partial charge in [0.2, 0.25) is 10.0 Å². The van der Waals surface area contributed by atoms with Crippen molar-refractivity contribution in [2.24, 2.45) is 28.3 Å². The van der Waals surface area contributed by atoms with Crippen LogP contribution in [0.3, 0.4) is 0 Å². The molecule has 0 aliphatic heterocycles. The third-order valence-corrected chi connectivity index (χ3v) is 10.4. The van der Waals surface area contributed by atoms with E-state index in [9.17, 15) is 18.3 Å². The highest BCUT2D eigenvalue weighted by atomic mass is 35.5. The third kappa shape index (κ3) is 3.96. The molecule has 0 heterocycles. The molecule has 192 valence electrons. The average molecular weight is 530 g/mol. The number of hydrogen-bond acceptors (Lipinski definition) is 5. The number of phenols is 1. The molecule has 3 aliphatic carbocycles. The standard InChI is InChI=1S/C28H32ClNO5S/c1-4-28-10-9-27(3)15-19(35-26(32)21-14-20(36(30,33)34)6-8-24(21)29)13-23(27)25(28)16(2)11-17-12-18(31)5-7-22(17)28/h4-8,12,14,16,19,23,25,31H,1,9-11,13,15H2,2-3H3,(H2,30,33,34)/t16-,19-,23?,25?,27-,28-/m1/s1. The van der Waals surface area contributed by atoms with Gasteiger partial charge in [0.15, 0.2) is 0 Å². The van der Waals surface area contributed by atoms with Gasteiger partial charge in [-0.25, -0.2) is 18.4 Å². The summed E-state index contributed by atoms with van der Waals surface area (Å²) in [4.78, 5) is 12.9. The summed E-state index contributed by atoms with van der Waals surface area (Å²) in [6, 6.07) is 9.52. The topological polar surface area (TPSA) is 107 Å². The van der Waals surface area contributed by atoms with Gasteiger partial charge in [0.05, 0.1) is 15.5 Å². The van der Waals surface area contributed by atoms with Crippen LogP contribution in [0.15, 0.2) is 53.9 Å². The summed E-state index contributed by atoms with van der Waals surface area (Å²) < 4.78 is 29.5. The Kier molecular flexibility index (Phi) is 6.05. The Bertz CT molecular complexity index is 1360. The molecule has 36 heavy (non-hydrogen) atoms. The lowest BCUT2D eigenvalue weighted by atomic mass is 9.46. The molecule has 2 aromatic rings. The largest absolute Gasteiger partial charge is 0.508 e. The molecule has 0 aromatic heterocycles. The highest BCUT2D eigenvalue weighted by Gasteiger charge is 2.60. The molecule has 2 fully saturated rings. The number of allylic oxidation sites excluding steroid dienone is 1. The van der Waals surface area contributed by atoms with Gasteiger partial charge >= 0.3 is 5.97 Å². The molecule has 8 heteroatoms. The van der Waals surface area contributed by atoms with Gasteiger partial charge in [0, 0.05) is 5.41 Å². The van der Waals surface area contributed by atoms with Gasteiger partial charge in [-0.15, -0.1) is 6.58 Å². The molecule has 0 spiro atoms. The molecule has 2 unspecified atom stereocenters. The van der Waals surface area contributed by atoms with Crippen molar-refractivity contribution in [3.8, 4) is 5.75 Å². The maximum Gasteiger partial charge on any atom is 0.339 e. The number of phenolic OH excluding ortho intramolecular Hbond substituents is 1. The number of esters is 1. The van der Waals surface area contributed by atoms with E-state index in [-0.39, 0.29) is 38.2 Å². The summed E-state index contributed by atoms with van der Waals surface area (Å²) in [6.07, 6.45) is 6.11. The second-order valence-corrected chi connectivity index (χ2v) is 13.2. The summed E-state index contributed by atoms with van der Waals surface area (Å²) in [5.41, 5.74) is 2.28. The summed E-state index contributed by atoms with van der Waals surface area (Å²) in [5, 5.41) is 15.4. The molecule has 5 rings (SSSR count). The van der Waals surface area contributed by atoms with Crippen LogP contribution in [-0.2, 0) is 26.6 Å². The molecule has 0 saturated heterocycles. The first-order chi connectivity index (χ1) is 16.9. The lowest BCUT2D eigenvalue weighted by molar-refractivity contribution is -0.000314. The second kappa shape index (κ2) is 8.61. The molecule has 6 nitrogen and oxygen atoms in total. The Labute approximate surface area is 217 Å². The molecule has 3 aliphatic rings. The van der Waals surface area contributed by atoms with Gasteiger partial charge in [0.1, 0.15) is 11.9 Å². The van der Waals surface area contributed by atoms with Crippen molar-refractivity contribution in [2.75, 3.05) is 0 Å². The van der Waals surface area contributed by atoms with Crippen molar-refractivity contribution in [1.29, 1.82) is 0 Å². The molecular formula is C28H32ClNO5S. The molecule has 2 saturated carbocycles. The minimum Gasteiger partial charge on any atom is -0.508 e. The number of benzene rings is 2. The number of carbonyl (C=O) groups excluding carboxylic acids is 1. The van der Waals surface area contributed by atoms with Gasteiger partial charge in [0.25, 0.3) is 0 Å². The van der Waals surface area contributed by atoms with Gasteiger partial charge in [-0.05, 0) is 96.7 Å². The third-order valence-electron chi connectivity index (χ3n) is 9.11. The maximum atomic E-state index is 13.1. The lowest BCUT2D eigenvalue weighted by Crippen LogP contribution is -2.52. The fourth-order valence-corrected chi connectivity index (χ4v) is 8.33. The summed E-state index contributed by atoms with van der Waals surface area (Å²) in [5.74, 6) is 0.689. The number of primary sulfonamides is 1. The summed E-state index contributed by atoms with van der Waals surface area (Å²) in [6.45, 7) is 8.85. The normalized spacial score (nSPS) is 33.2. The van der Waals surface area contributed by atoms with E-state index in [1.165, 1.54) is 29.3 Å². The van der Waals surface area contributed by atoms with Crippen LogP contribution in [0, 0.1) is 23.2 Å². The van der Waals surface area contributed by atoms with Gasteiger partial charge in [-0.2, -0.15) is 0 Å². The molecular weight excluding hydrogens is 498 g/mol. The molecule has 0 bridgehead atoms. The fraction of sp³-hybridized carbons (Fsp3) is 0.464. The van der Waals surface area contributed by atoms with Crippen LogP contribution in [0.25, 0.3) is 0 Å². The molecule has 6 atom stereocenters. The van der Waals surface area contributed by atoms with Crippen LogP contribution >= 0.6 is 11.6 Å². The Hall–Kier alpha value is -2.35. The number of ether oxygens (including phenoxy) is 1. The van der Waals surface area contributed by atoms with Gasteiger partial charge in [-0.1, -0.05) is 37.6 Å². The van der Waals surface area contributed by atoms with Crippen LogP contribution < -0.4 is 5.14 Å². The van der Waals surface area contributed by atoms with Crippen LogP contribution in [0.4, 0.5) is 0 Å². The van der Waals surface area contributed by atoms with Crippen molar-refractivity contribution in [3.63, 3.8) is 0 Å². The zero-order valence-corrected chi connectivity index (χ0v) is 22.1. The smallest absolute Gasteiger partial charge is 0.339 e. The number of carbonyl (C=O) groups is 1. The minimum absolute atomic E-state index is 0.00317. The number of nitrogens with two attached hydrogens (primary N) is 1. The SMILES string of the molecule is C=C[C@]12CC[C@]3(C)C[C@H](OC(=O)c4cc(S(N)(=O)=O)ccc4Cl)CC3C1[C@H](C)Cc1cc(O)ccc12. The minimum atomic E-state index is -3.98. The van der Waals surface area contributed by atoms with E-state index >= 15 is 0 Å². The Morgan fingerprint density at radius 1 is 1.25 bits per heavy atom. The van der Waals surface area contributed by atoms with E-state index in [1.807, 2.05) is 6.07 Å². The summed E-state index contributed by atoms with van der Waals surface area (Å²) >= 11 is 6.22. The molecule has 3 N–H and O–H groups in total. The quantitative estimate of drug-likeness (QED) is 0.409. The monoisotopic (exact) mass is 529 g/mol. The number of fused-ring (bicyclic) bond motifs is 5. The highest BCUT2D eigenvalue weighted by molar-refractivity contribution is 7.89. The van der Waals surface area contributed by atoms with E-state index in [0.29, 0.717) is 17.8 Å². The zero-order chi connectivity index (χ0) is 26.0. The van der Waals surface area contributed by atoms with Gasteiger partial charge < -0.3 is 9.84 Å². The highest BCUT2D eigenvalue weighted by Crippen LogP contribution is 2.65. The van der Waals surface area contributed by atoms with Crippen LogP contribution in [0.5, 0.6) is 5.75 Å². The first kappa shape index (κ1) is 25.3. The van der Waals surface area contributed by atoms with Crippen molar-refractivity contribution in [2.45, 2.75) is 62.4 Å². The Morgan fingerprint density at radius 2 is 2.00 bits per heavy atom. The van der Waals surface area contributed by atoms with E-state index < -0.39 is 16.0 Å².